The molecule has 2 saturated heterocycles. The van der Waals surface area contributed by atoms with Crippen LogP contribution in [-0.4, -0.2) is 55.3 Å². The average molecular weight is 399 g/mol. The summed E-state index contributed by atoms with van der Waals surface area (Å²) in [5, 5.41) is 6.13. The monoisotopic (exact) mass is 399 g/mol. The maximum Gasteiger partial charge on any atom is 0.319 e. The highest BCUT2D eigenvalue weighted by Gasteiger charge is 2.66. The van der Waals surface area contributed by atoms with Gasteiger partial charge in [-0.2, -0.15) is 0 Å². The van der Waals surface area contributed by atoms with Crippen LogP contribution in [0.3, 0.4) is 0 Å². The number of likely N-dealkylation sites (tertiary alicyclic amines) is 1. The molecule has 1 aromatic rings. The van der Waals surface area contributed by atoms with Crippen molar-refractivity contribution in [1.82, 2.24) is 10.2 Å². The summed E-state index contributed by atoms with van der Waals surface area (Å²) < 4.78 is 11.6. The second kappa shape index (κ2) is 7.52. The van der Waals surface area contributed by atoms with Crippen LogP contribution in [0, 0.1) is 11.3 Å². The highest BCUT2D eigenvalue weighted by molar-refractivity contribution is 5.90. The Morgan fingerprint density at radius 1 is 1.21 bits per heavy atom. The summed E-state index contributed by atoms with van der Waals surface area (Å²) in [5.41, 5.74) is 0.828. The quantitative estimate of drug-likeness (QED) is 0.798. The fourth-order valence-corrected chi connectivity index (χ4v) is 5.63. The standard InChI is InChI=1S/C22H29N3O4/c26-18(25-10-1-2-11-25)14-29-16-6-3-5-15(13-16)23-21(27)24-19-17-7-12-28-20(17)22(19)8-4-9-22/h3,5-6,13,17,19-20H,1-2,4,7-12,14H2,(H2,23,24,27). The number of hydrogen-bond donors (Lipinski definition) is 2. The van der Waals surface area contributed by atoms with Gasteiger partial charge in [-0.25, -0.2) is 4.79 Å². The largest absolute Gasteiger partial charge is 0.484 e. The average Bonchev–Trinajstić information content (AvgIpc) is 3.34. The van der Waals surface area contributed by atoms with Crippen LogP contribution < -0.4 is 15.4 Å². The minimum absolute atomic E-state index is 0.0164. The van der Waals surface area contributed by atoms with Crippen LogP contribution in [0.1, 0.15) is 38.5 Å². The molecule has 2 N–H and O–H groups in total. The molecule has 2 aliphatic carbocycles. The van der Waals surface area contributed by atoms with Gasteiger partial charge in [0.15, 0.2) is 6.61 Å². The predicted octanol–water partition coefficient (Wildman–Crippen LogP) is 2.77. The van der Waals surface area contributed by atoms with E-state index < -0.39 is 0 Å². The van der Waals surface area contributed by atoms with Crippen molar-refractivity contribution in [2.45, 2.75) is 50.7 Å². The van der Waals surface area contributed by atoms with Crippen molar-refractivity contribution in [2.24, 2.45) is 11.3 Å². The van der Waals surface area contributed by atoms with Gasteiger partial charge in [0, 0.05) is 48.8 Å². The Hall–Kier alpha value is -2.28. The number of rotatable bonds is 5. The summed E-state index contributed by atoms with van der Waals surface area (Å²) >= 11 is 0. The van der Waals surface area contributed by atoms with Crippen molar-refractivity contribution in [1.29, 1.82) is 0 Å². The van der Waals surface area contributed by atoms with Crippen LogP contribution in [0.4, 0.5) is 10.5 Å². The molecule has 2 saturated carbocycles. The molecule has 156 valence electrons. The Kier molecular flexibility index (Phi) is 4.86. The predicted molar refractivity (Wildman–Crippen MR) is 108 cm³/mol. The van der Waals surface area contributed by atoms with Gasteiger partial charge >= 0.3 is 6.03 Å². The third kappa shape index (κ3) is 3.35. The number of nitrogens with one attached hydrogen (secondary N) is 2. The molecule has 3 atom stereocenters. The molecule has 1 aromatic carbocycles. The number of hydrogen-bond acceptors (Lipinski definition) is 4. The summed E-state index contributed by atoms with van der Waals surface area (Å²) in [6.45, 7) is 2.48. The molecule has 2 aliphatic heterocycles. The lowest BCUT2D eigenvalue weighted by molar-refractivity contribution is -0.171. The first-order valence-electron chi connectivity index (χ1n) is 10.9. The second-order valence-corrected chi connectivity index (χ2v) is 8.81. The number of nitrogens with zero attached hydrogens (tertiary/aromatic N) is 1. The lowest BCUT2D eigenvalue weighted by Crippen LogP contribution is -2.72. The highest BCUT2D eigenvalue weighted by Crippen LogP contribution is 2.62. The Bertz CT molecular complexity index is 788. The van der Waals surface area contributed by atoms with E-state index in [9.17, 15) is 9.59 Å². The van der Waals surface area contributed by atoms with Crippen LogP contribution in [0.2, 0.25) is 0 Å². The first-order valence-corrected chi connectivity index (χ1v) is 10.9. The number of amides is 3. The Morgan fingerprint density at radius 2 is 2.03 bits per heavy atom. The van der Waals surface area contributed by atoms with Gasteiger partial charge in [-0.3, -0.25) is 4.79 Å². The van der Waals surface area contributed by atoms with E-state index in [4.69, 9.17) is 9.47 Å². The van der Waals surface area contributed by atoms with Crippen LogP contribution in [0.25, 0.3) is 0 Å². The van der Waals surface area contributed by atoms with E-state index >= 15 is 0 Å². The molecule has 3 amide bonds. The fraction of sp³-hybridized carbons (Fsp3) is 0.636. The van der Waals surface area contributed by atoms with Crippen molar-refractivity contribution in [3.63, 3.8) is 0 Å². The van der Waals surface area contributed by atoms with Gasteiger partial charge in [0.25, 0.3) is 5.91 Å². The minimum atomic E-state index is -0.183. The summed E-state index contributed by atoms with van der Waals surface area (Å²) in [6.07, 6.45) is 7.02. The lowest BCUT2D eigenvalue weighted by atomic mass is 9.46. The van der Waals surface area contributed by atoms with E-state index in [0.29, 0.717) is 23.5 Å². The number of fused-ring (bicyclic) bond motifs is 2. The molecule has 2 heterocycles. The van der Waals surface area contributed by atoms with Gasteiger partial charge in [0.2, 0.25) is 0 Å². The second-order valence-electron chi connectivity index (χ2n) is 8.81. The lowest BCUT2D eigenvalue weighted by Gasteiger charge is -2.63. The smallest absolute Gasteiger partial charge is 0.319 e. The van der Waals surface area contributed by atoms with Crippen molar-refractivity contribution < 1.29 is 19.1 Å². The van der Waals surface area contributed by atoms with Crippen LogP contribution in [0.15, 0.2) is 24.3 Å². The Labute approximate surface area is 171 Å². The first kappa shape index (κ1) is 18.7. The molecule has 29 heavy (non-hydrogen) atoms. The van der Waals surface area contributed by atoms with Crippen molar-refractivity contribution in [2.75, 3.05) is 31.6 Å². The molecule has 5 rings (SSSR count). The van der Waals surface area contributed by atoms with E-state index in [1.807, 2.05) is 17.0 Å². The number of carbonyl (C=O) groups is 2. The van der Waals surface area contributed by atoms with Crippen LogP contribution in [-0.2, 0) is 9.53 Å². The first-order chi connectivity index (χ1) is 14.2. The topological polar surface area (TPSA) is 79.9 Å². The molecule has 7 nitrogen and oxygen atoms in total. The van der Waals surface area contributed by atoms with E-state index in [1.165, 1.54) is 6.42 Å². The number of anilines is 1. The van der Waals surface area contributed by atoms with E-state index in [0.717, 1.165) is 51.8 Å². The van der Waals surface area contributed by atoms with Gasteiger partial charge < -0.3 is 25.0 Å². The molecular formula is C22H29N3O4. The summed E-state index contributed by atoms with van der Waals surface area (Å²) in [4.78, 5) is 26.6. The van der Waals surface area contributed by atoms with Gasteiger partial charge in [0.05, 0.1) is 6.10 Å². The zero-order valence-corrected chi connectivity index (χ0v) is 16.7. The molecule has 1 spiro atoms. The summed E-state index contributed by atoms with van der Waals surface area (Å²) in [6, 6.07) is 7.24. The molecule has 0 aromatic heterocycles. The van der Waals surface area contributed by atoms with E-state index in [1.54, 1.807) is 12.1 Å². The number of carbonyl (C=O) groups excluding carboxylic acids is 2. The highest BCUT2D eigenvalue weighted by atomic mass is 16.5. The molecule has 7 heteroatoms. The minimum Gasteiger partial charge on any atom is -0.484 e. The molecule has 4 fully saturated rings. The van der Waals surface area contributed by atoms with Gasteiger partial charge in [-0.15, -0.1) is 0 Å². The molecule has 0 bridgehead atoms. The van der Waals surface area contributed by atoms with E-state index in [2.05, 4.69) is 10.6 Å². The van der Waals surface area contributed by atoms with Crippen molar-refractivity contribution >= 4 is 17.6 Å². The van der Waals surface area contributed by atoms with Gasteiger partial charge in [0.1, 0.15) is 5.75 Å². The summed E-state index contributed by atoms with van der Waals surface area (Å²) in [5.74, 6) is 1.05. The van der Waals surface area contributed by atoms with Crippen LogP contribution in [0.5, 0.6) is 5.75 Å². The third-order valence-electron chi connectivity index (χ3n) is 7.24. The van der Waals surface area contributed by atoms with Gasteiger partial charge in [-0.05, 0) is 44.2 Å². The third-order valence-corrected chi connectivity index (χ3v) is 7.24. The van der Waals surface area contributed by atoms with Gasteiger partial charge in [-0.1, -0.05) is 12.5 Å². The Morgan fingerprint density at radius 3 is 2.79 bits per heavy atom. The fourth-order valence-electron chi connectivity index (χ4n) is 5.63. The summed E-state index contributed by atoms with van der Waals surface area (Å²) in [7, 11) is 0. The number of ether oxygens (including phenoxy) is 2. The van der Waals surface area contributed by atoms with Crippen molar-refractivity contribution in [3.05, 3.63) is 24.3 Å². The molecule has 0 radical (unpaired) electrons. The SMILES string of the molecule is O=C(Nc1cccc(OCC(=O)N2CCCC2)c1)NC1C2CCOC2C12CCC2. The maximum absolute atomic E-state index is 12.6. The zero-order valence-electron chi connectivity index (χ0n) is 16.7. The van der Waals surface area contributed by atoms with E-state index in [-0.39, 0.29) is 30.0 Å². The normalized spacial score (nSPS) is 29.0. The number of urea groups is 1. The Balaban J connectivity index is 1.15. The maximum atomic E-state index is 12.6. The molecule has 4 aliphatic rings. The van der Waals surface area contributed by atoms with Crippen LogP contribution >= 0.6 is 0 Å². The zero-order chi connectivity index (χ0) is 19.8. The number of benzene rings is 1. The molecule has 3 unspecified atom stereocenters. The molecular weight excluding hydrogens is 370 g/mol. The van der Waals surface area contributed by atoms with Crippen molar-refractivity contribution in [3.8, 4) is 5.75 Å².